The molecule has 0 aromatic heterocycles. The van der Waals surface area contributed by atoms with Gasteiger partial charge in [0.05, 0.1) is 0 Å². The number of rotatable bonds is 4. The predicted molar refractivity (Wildman–Crippen MR) is 179 cm³/mol. The van der Waals surface area contributed by atoms with Gasteiger partial charge in [0.1, 0.15) is 0 Å². The minimum absolute atomic E-state index is 0.882. The Kier molecular flexibility index (Phi) is 5.64. The van der Waals surface area contributed by atoms with Gasteiger partial charge >= 0.3 is 0 Å². The van der Waals surface area contributed by atoms with Gasteiger partial charge in [-0.05, 0) is 82.5 Å². The second-order valence-corrected chi connectivity index (χ2v) is 10.9. The van der Waals surface area contributed by atoms with Crippen molar-refractivity contribution in [3.63, 3.8) is 0 Å². The van der Waals surface area contributed by atoms with Crippen LogP contribution in [-0.2, 0) is 6.42 Å². The predicted octanol–water partition coefficient (Wildman–Crippen LogP) is 11.4. The van der Waals surface area contributed by atoms with Gasteiger partial charge < -0.3 is 0 Å². The molecule has 0 fully saturated rings. The molecule has 0 saturated heterocycles. The molecule has 0 bridgehead atoms. The molecule has 0 saturated carbocycles. The lowest BCUT2D eigenvalue weighted by Gasteiger charge is -2.17. The third-order valence-corrected chi connectivity index (χ3v) is 8.47. The number of allylic oxidation sites excluding steroid dienone is 1. The summed E-state index contributed by atoms with van der Waals surface area (Å²) in [6.07, 6.45) is 5.56. The summed E-state index contributed by atoms with van der Waals surface area (Å²) in [4.78, 5) is 0. The van der Waals surface area contributed by atoms with Crippen LogP contribution in [0.5, 0.6) is 0 Å². The lowest BCUT2D eigenvalue weighted by Crippen LogP contribution is -1.91. The first kappa shape index (κ1) is 23.7. The third kappa shape index (κ3) is 4.00. The lowest BCUT2D eigenvalue weighted by atomic mass is 9.86. The maximum absolute atomic E-state index is 2.35. The molecule has 0 heteroatoms. The van der Waals surface area contributed by atoms with Gasteiger partial charge in [-0.2, -0.15) is 0 Å². The zero-order chi connectivity index (χ0) is 27.2. The summed E-state index contributed by atoms with van der Waals surface area (Å²) in [6, 6.07) is 53.1. The number of hydrogen-bond acceptors (Lipinski definition) is 0. The van der Waals surface area contributed by atoms with Crippen LogP contribution in [0.3, 0.4) is 0 Å². The molecule has 0 N–H and O–H groups in total. The van der Waals surface area contributed by atoms with Crippen molar-refractivity contribution in [3.05, 3.63) is 163 Å². The molecular weight excluding hydrogens is 492 g/mol. The Morgan fingerprint density at radius 2 is 1.00 bits per heavy atom. The Hall–Kier alpha value is -5.20. The largest absolute Gasteiger partial charge is 0.0795 e. The van der Waals surface area contributed by atoms with Gasteiger partial charge in [-0.3, -0.25) is 0 Å². The van der Waals surface area contributed by atoms with Crippen LogP contribution in [0.1, 0.15) is 11.1 Å². The van der Waals surface area contributed by atoms with Crippen LogP contribution in [0, 0.1) is 0 Å². The average molecular weight is 521 g/mol. The summed E-state index contributed by atoms with van der Waals surface area (Å²) in [5.74, 6) is 0. The lowest BCUT2D eigenvalue weighted by molar-refractivity contribution is 1.29. The fraction of sp³-hybridized carbons (Fsp3) is 0.0244. The second-order valence-electron chi connectivity index (χ2n) is 10.9. The topological polar surface area (TPSA) is 0 Å². The van der Waals surface area contributed by atoms with Gasteiger partial charge in [-0.25, -0.2) is 0 Å². The Balaban J connectivity index is 1.30. The molecule has 0 unspecified atom stereocenters. The van der Waals surface area contributed by atoms with Gasteiger partial charge in [0, 0.05) is 0 Å². The minimum Gasteiger partial charge on any atom is -0.0795 e. The maximum Gasteiger partial charge on any atom is -0.00143 e. The van der Waals surface area contributed by atoms with Crippen molar-refractivity contribution in [3.8, 4) is 11.1 Å². The number of hydrogen-bond donors (Lipinski definition) is 0. The summed E-state index contributed by atoms with van der Waals surface area (Å²) in [5, 5.41) is 13.0. The zero-order valence-electron chi connectivity index (χ0n) is 22.7. The van der Waals surface area contributed by atoms with Crippen LogP contribution in [0.2, 0.25) is 0 Å². The molecule has 0 heterocycles. The van der Waals surface area contributed by atoms with Gasteiger partial charge in [-0.1, -0.05) is 158 Å². The molecule has 0 nitrogen and oxygen atoms in total. The van der Waals surface area contributed by atoms with E-state index >= 15 is 0 Å². The summed E-state index contributed by atoms with van der Waals surface area (Å²) in [6.45, 7) is 0. The average Bonchev–Trinajstić information content (AvgIpc) is 3.04. The van der Waals surface area contributed by atoms with Gasteiger partial charge in [0.25, 0.3) is 0 Å². The van der Waals surface area contributed by atoms with Crippen molar-refractivity contribution in [1.29, 1.82) is 0 Å². The highest BCUT2D eigenvalue weighted by Gasteiger charge is 2.16. The molecule has 8 aromatic carbocycles. The van der Waals surface area contributed by atoms with Crippen molar-refractivity contribution in [2.75, 3.05) is 0 Å². The van der Waals surface area contributed by atoms with E-state index in [1.807, 2.05) is 0 Å². The molecule has 0 atom stereocenters. The standard InChI is InChI=1S/C41H28/c1-2-14-31(15-3-1)40-38-19-9-8-18-36(38)37(39-26-24-30-13-5-7-17-35(30)41(39)40)20-10-11-28-21-25-34-32(27-28)23-22-29-12-4-6-16-33(29)34/h1-10,12-27H,11H2/b20-10+. The maximum atomic E-state index is 2.35. The summed E-state index contributed by atoms with van der Waals surface area (Å²) in [5.41, 5.74) is 5.17. The van der Waals surface area contributed by atoms with Crippen molar-refractivity contribution in [2.24, 2.45) is 0 Å². The molecule has 0 aliphatic carbocycles. The molecule has 8 rings (SSSR count). The highest BCUT2D eigenvalue weighted by molar-refractivity contribution is 6.25. The van der Waals surface area contributed by atoms with Crippen LogP contribution >= 0.6 is 0 Å². The number of fused-ring (bicyclic) bond motifs is 7. The summed E-state index contributed by atoms with van der Waals surface area (Å²) >= 11 is 0. The SMILES string of the molecule is C(=C\c1c2ccccc2c(-c2ccccc2)c2c1ccc1ccccc12)/Cc1ccc2c(ccc3ccccc32)c1. The highest BCUT2D eigenvalue weighted by atomic mass is 14.2. The Bertz CT molecular complexity index is 2270. The van der Waals surface area contributed by atoms with Gasteiger partial charge in [0.15, 0.2) is 0 Å². The summed E-state index contributed by atoms with van der Waals surface area (Å²) < 4.78 is 0. The van der Waals surface area contributed by atoms with E-state index < -0.39 is 0 Å². The molecule has 0 amide bonds. The second kappa shape index (κ2) is 9.77. The van der Waals surface area contributed by atoms with Crippen molar-refractivity contribution < 1.29 is 0 Å². The smallest absolute Gasteiger partial charge is 0.00143 e. The van der Waals surface area contributed by atoms with Crippen molar-refractivity contribution in [1.82, 2.24) is 0 Å². The first-order valence-electron chi connectivity index (χ1n) is 14.3. The molecule has 8 aromatic rings. The van der Waals surface area contributed by atoms with Crippen LogP contribution < -0.4 is 0 Å². The van der Waals surface area contributed by atoms with E-state index in [9.17, 15) is 0 Å². The van der Waals surface area contributed by atoms with E-state index in [2.05, 4.69) is 158 Å². The van der Waals surface area contributed by atoms with Gasteiger partial charge in [-0.15, -0.1) is 0 Å². The minimum atomic E-state index is 0.882. The van der Waals surface area contributed by atoms with E-state index in [4.69, 9.17) is 0 Å². The molecule has 0 radical (unpaired) electrons. The van der Waals surface area contributed by atoms with Crippen LogP contribution in [0.25, 0.3) is 71.1 Å². The molecule has 0 aliphatic heterocycles. The fourth-order valence-corrected chi connectivity index (χ4v) is 6.57. The Labute approximate surface area is 239 Å². The van der Waals surface area contributed by atoms with E-state index in [0.29, 0.717) is 0 Å². The Morgan fingerprint density at radius 3 is 1.83 bits per heavy atom. The molecular formula is C41H28. The molecule has 0 aliphatic rings. The quantitative estimate of drug-likeness (QED) is 0.160. The van der Waals surface area contributed by atoms with E-state index in [1.54, 1.807) is 0 Å². The monoisotopic (exact) mass is 520 g/mol. The zero-order valence-corrected chi connectivity index (χ0v) is 22.7. The third-order valence-electron chi connectivity index (χ3n) is 8.47. The van der Waals surface area contributed by atoms with Gasteiger partial charge in [0.2, 0.25) is 0 Å². The van der Waals surface area contributed by atoms with Crippen LogP contribution in [-0.4, -0.2) is 0 Å². The van der Waals surface area contributed by atoms with Crippen LogP contribution in [0.15, 0.2) is 152 Å². The summed E-state index contributed by atoms with van der Waals surface area (Å²) in [7, 11) is 0. The molecule has 0 spiro atoms. The van der Waals surface area contributed by atoms with Crippen molar-refractivity contribution >= 4 is 59.9 Å². The normalized spacial score (nSPS) is 11.9. The molecule has 192 valence electrons. The van der Waals surface area contributed by atoms with E-state index in [0.717, 1.165) is 6.42 Å². The first-order valence-corrected chi connectivity index (χ1v) is 14.3. The fourth-order valence-electron chi connectivity index (χ4n) is 6.57. The molecule has 41 heavy (non-hydrogen) atoms. The first-order chi connectivity index (χ1) is 20.3. The van der Waals surface area contributed by atoms with E-state index in [1.165, 1.54) is 76.1 Å². The Morgan fingerprint density at radius 1 is 0.415 bits per heavy atom. The number of benzene rings is 8. The van der Waals surface area contributed by atoms with E-state index in [-0.39, 0.29) is 0 Å². The van der Waals surface area contributed by atoms with Crippen molar-refractivity contribution in [2.45, 2.75) is 6.42 Å². The van der Waals surface area contributed by atoms with Crippen LogP contribution in [0.4, 0.5) is 0 Å². The highest BCUT2D eigenvalue weighted by Crippen LogP contribution is 2.43.